The Kier molecular flexibility index (Phi) is 4.00. The van der Waals surface area contributed by atoms with Crippen LogP contribution in [0.4, 0.5) is 0 Å². The fourth-order valence-corrected chi connectivity index (χ4v) is 3.05. The zero-order chi connectivity index (χ0) is 16.7. The van der Waals surface area contributed by atoms with Crippen LogP contribution in [0.2, 0.25) is 10.0 Å². The molecule has 0 N–H and O–H groups in total. The van der Waals surface area contributed by atoms with Crippen molar-refractivity contribution in [1.82, 2.24) is 14.1 Å². The van der Waals surface area contributed by atoms with Crippen molar-refractivity contribution >= 4 is 40.1 Å². The van der Waals surface area contributed by atoms with Crippen LogP contribution in [0.1, 0.15) is 6.92 Å². The quantitative estimate of drug-likeness (QED) is 0.728. The maximum Gasteiger partial charge on any atom is 0.330 e. The van der Waals surface area contributed by atoms with Crippen molar-refractivity contribution in [3.05, 3.63) is 51.0 Å². The number of Topliss-reactive ketones (excluding diaryl/α,β-unsaturated/α-hetero) is 1. The van der Waals surface area contributed by atoms with Gasteiger partial charge in [0.05, 0.1) is 12.1 Å². The molecule has 118 valence electrons. The summed E-state index contributed by atoms with van der Waals surface area (Å²) in [6.45, 7) is 1.44. The minimum atomic E-state index is -0.274. The van der Waals surface area contributed by atoms with E-state index in [0.29, 0.717) is 21.2 Å². The van der Waals surface area contributed by atoms with Crippen LogP contribution in [0.15, 0.2) is 35.3 Å². The summed E-state index contributed by atoms with van der Waals surface area (Å²) in [5.74, 6) is -0.105. The zero-order valence-electron chi connectivity index (χ0n) is 12.5. The number of carbonyl (C=O) groups excluding carboxylic acids is 1. The standard InChI is InChI=1S/C16H13Cl2N3O2/c1-9(22)8-21-15-14(20(2)16(21)23)5-11(7-19-15)10-3-12(17)6-13(18)4-10/h3-7H,8H2,1-2H3. The highest BCUT2D eigenvalue weighted by molar-refractivity contribution is 6.35. The van der Waals surface area contributed by atoms with E-state index in [1.807, 2.05) is 6.07 Å². The topological polar surface area (TPSA) is 56.9 Å². The monoisotopic (exact) mass is 349 g/mol. The van der Waals surface area contributed by atoms with Gasteiger partial charge in [-0.3, -0.25) is 13.9 Å². The Morgan fingerprint density at radius 2 is 1.78 bits per heavy atom. The third-order valence-electron chi connectivity index (χ3n) is 3.56. The first-order valence-electron chi connectivity index (χ1n) is 6.88. The van der Waals surface area contributed by atoms with Gasteiger partial charge in [0.1, 0.15) is 5.78 Å². The normalized spacial score (nSPS) is 11.1. The average molecular weight is 350 g/mol. The maximum atomic E-state index is 12.3. The van der Waals surface area contributed by atoms with Gasteiger partial charge in [0, 0.05) is 28.9 Å². The Hall–Kier alpha value is -2.11. The lowest BCUT2D eigenvalue weighted by atomic mass is 10.1. The van der Waals surface area contributed by atoms with Gasteiger partial charge in [0.15, 0.2) is 5.65 Å². The van der Waals surface area contributed by atoms with Gasteiger partial charge in [-0.05, 0) is 36.8 Å². The van der Waals surface area contributed by atoms with Crippen molar-refractivity contribution in [1.29, 1.82) is 0 Å². The van der Waals surface area contributed by atoms with Gasteiger partial charge in [-0.15, -0.1) is 0 Å². The number of aryl methyl sites for hydroxylation is 1. The maximum absolute atomic E-state index is 12.3. The average Bonchev–Trinajstić information content (AvgIpc) is 2.71. The smallest absolute Gasteiger partial charge is 0.298 e. The fraction of sp³-hybridized carbons (Fsp3) is 0.188. The summed E-state index contributed by atoms with van der Waals surface area (Å²) in [6, 6.07) is 7.04. The highest BCUT2D eigenvalue weighted by Crippen LogP contribution is 2.28. The first-order chi connectivity index (χ1) is 10.9. The lowest BCUT2D eigenvalue weighted by molar-refractivity contribution is -0.117. The Morgan fingerprint density at radius 1 is 1.13 bits per heavy atom. The molecule has 0 atom stereocenters. The van der Waals surface area contributed by atoms with E-state index in [2.05, 4.69) is 4.98 Å². The molecule has 0 aliphatic rings. The van der Waals surface area contributed by atoms with E-state index in [1.165, 1.54) is 16.1 Å². The number of hydrogen-bond acceptors (Lipinski definition) is 3. The second kappa shape index (κ2) is 5.83. The Labute approximate surface area is 142 Å². The number of fused-ring (bicyclic) bond motifs is 1. The summed E-state index contributed by atoms with van der Waals surface area (Å²) in [5, 5.41) is 1.05. The van der Waals surface area contributed by atoms with E-state index in [0.717, 1.165) is 11.1 Å². The second-order valence-electron chi connectivity index (χ2n) is 5.35. The summed E-state index contributed by atoms with van der Waals surface area (Å²) >= 11 is 12.1. The molecule has 0 unspecified atom stereocenters. The minimum Gasteiger partial charge on any atom is -0.298 e. The summed E-state index contributed by atoms with van der Waals surface area (Å²) in [5.41, 5.74) is 2.44. The molecule has 0 fully saturated rings. The molecule has 0 bridgehead atoms. The van der Waals surface area contributed by atoms with Crippen LogP contribution >= 0.6 is 23.2 Å². The number of halogens is 2. The van der Waals surface area contributed by atoms with Gasteiger partial charge in [0.25, 0.3) is 0 Å². The number of hydrogen-bond donors (Lipinski definition) is 0. The van der Waals surface area contributed by atoms with Crippen molar-refractivity contribution in [2.75, 3.05) is 0 Å². The molecule has 0 radical (unpaired) electrons. The zero-order valence-corrected chi connectivity index (χ0v) is 14.0. The first kappa shape index (κ1) is 15.8. The molecule has 5 nitrogen and oxygen atoms in total. The highest BCUT2D eigenvalue weighted by Gasteiger charge is 2.14. The molecule has 0 amide bonds. The van der Waals surface area contributed by atoms with E-state index in [9.17, 15) is 9.59 Å². The Morgan fingerprint density at radius 3 is 2.39 bits per heavy atom. The first-order valence-corrected chi connectivity index (χ1v) is 7.63. The molecule has 7 heteroatoms. The highest BCUT2D eigenvalue weighted by atomic mass is 35.5. The number of nitrogens with zero attached hydrogens (tertiary/aromatic N) is 3. The van der Waals surface area contributed by atoms with Crippen LogP contribution in [0, 0.1) is 0 Å². The molecule has 3 aromatic rings. The number of aromatic nitrogens is 3. The molecule has 3 rings (SSSR count). The summed E-state index contributed by atoms with van der Waals surface area (Å²) in [7, 11) is 1.65. The van der Waals surface area contributed by atoms with E-state index in [4.69, 9.17) is 23.2 Å². The Bertz CT molecular complexity index is 969. The summed E-state index contributed by atoms with van der Waals surface area (Å²) in [6.07, 6.45) is 1.64. The van der Waals surface area contributed by atoms with Gasteiger partial charge < -0.3 is 0 Å². The summed E-state index contributed by atoms with van der Waals surface area (Å²) in [4.78, 5) is 28.0. The lowest BCUT2D eigenvalue weighted by Gasteiger charge is -2.05. The third kappa shape index (κ3) is 2.90. The third-order valence-corrected chi connectivity index (χ3v) is 4.00. The van der Waals surface area contributed by atoms with Crippen LogP contribution in [-0.2, 0) is 18.4 Å². The van der Waals surface area contributed by atoms with Crippen LogP contribution in [0.5, 0.6) is 0 Å². The molecule has 0 aliphatic carbocycles. The molecule has 23 heavy (non-hydrogen) atoms. The van der Waals surface area contributed by atoms with Crippen LogP contribution in [-0.4, -0.2) is 19.9 Å². The van der Waals surface area contributed by atoms with Crippen molar-refractivity contribution in [2.24, 2.45) is 7.05 Å². The van der Waals surface area contributed by atoms with E-state index in [1.54, 1.807) is 31.4 Å². The predicted octanol–water partition coefficient (Wildman–Crippen LogP) is 3.30. The molecule has 0 saturated heterocycles. The fourth-order valence-electron chi connectivity index (χ4n) is 2.52. The number of ketones is 1. The number of rotatable bonds is 3. The largest absolute Gasteiger partial charge is 0.330 e. The molecule has 0 aliphatic heterocycles. The molecule has 2 heterocycles. The number of imidazole rings is 1. The number of carbonyl (C=O) groups is 1. The molecule has 2 aromatic heterocycles. The molecule has 1 aromatic carbocycles. The molecule has 0 spiro atoms. The number of benzene rings is 1. The van der Waals surface area contributed by atoms with Crippen LogP contribution in [0.3, 0.4) is 0 Å². The molecular weight excluding hydrogens is 337 g/mol. The molecule has 0 saturated carbocycles. The van der Waals surface area contributed by atoms with Gasteiger partial charge in [0.2, 0.25) is 0 Å². The number of pyridine rings is 1. The van der Waals surface area contributed by atoms with Gasteiger partial charge >= 0.3 is 5.69 Å². The van der Waals surface area contributed by atoms with E-state index in [-0.39, 0.29) is 18.0 Å². The van der Waals surface area contributed by atoms with Gasteiger partial charge in [-0.2, -0.15) is 0 Å². The van der Waals surface area contributed by atoms with E-state index < -0.39 is 0 Å². The minimum absolute atomic E-state index is 0.00547. The van der Waals surface area contributed by atoms with Crippen molar-refractivity contribution in [3.8, 4) is 11.1 Å². The van der Waals surface area contributed by atoms with Gasteiger partial charge in [-0.25, -0.2) is 9.78 Å². The van der Waals surface area contributed by atoms with Crippen molar-refractivity contribution in [3.63, 3.8) is 0 Å². The predicted molar refractivity (Wildman–Crippen MR) is 91.1 cm³/mol. The SMILES string of the molecule is CC(=O)Cn1c(=O)n(C)c2cc(-c3cc(Cl)cc(Cl)c3)cnc21. The van der Waals surface area contributed by atoms with Crippen LogP contribution < -0.4 is 5.69 Å². The molecular formula is C16H13Cl2N3O2. The van der Waals surface area contributed by atoms with E-state index >= 15 is 0 Å². The summed E-state index contributed by atoms with van der Waals surface area (Å²) < 4.78 is 2.84. The van der Waals surface area contributed by atoms with Crippen LogP contribution in [0.25, 0.3) is 22.3 Å². The second-order valence-corrected chi connectivity index (χ2v) is 6.23. The lowest BCUT2D eigenvalue weighted by Crippen LogP contribution is -2.24. The van der Waals surface area contributed by atoms with Crippen molar-refractivity contribution in [2.45, 2.75) is 13.5 Å². The van der Waals surface area contributed by atoms with Gasteiger partial charge in [-0.1, -0.05) is 23.2 Å². The van der Waals surface area contributed by atoms with Crippen molar-refractivity contribution < 1.29 is 4.79 Å². The Balaban J connectivity index is 2.22.